The van der Waals surface area contributed by atoms with Gasteiger partial charge in [0.2, 0.25) is 0 Å². The van der Waals surface area contributed by atoms with E-state index >= 15 is 0 Å². The van der Waals surface area contributed by atoms with Crippen LogP contribution in [0.5, 0.6) is 0 Å². The lowest BCUT2D eigenvalue weighted by Gasteiger charge is -2.00. The predicted octanol–water partition coefficient (Wildman–Crippen LogP) is 1.33. The van der Waals surface area contributed by atoms with E-state index in [-0.39, 0.29) is 11.1 Å². The predicted molar refractivity (Wildman–Crippen MR) is 98.9 cm³/mol. The van der Waals surface area contributed by atoms with Gasteiger partial charge in [0.15, 0.2) is 5.57 Å². The van der Waals surface area contributed by atoms with Crippen LogP contribution in [-0.4, -0.2) is 17.0 Å². The number of nitrogens with zero attached hydrogens (tertiary/aromatic N) is 2. The van der Waals surface area contributed by atoms with Gasteiger partial charge in [0.1, 0.15) is 10.7 Å². The van der Waals surface area contributed by atoms with E-state index in [1.807, 2.05) is 37.3 Å². The Labute approximate surface area is 151 Å². The second kappa shape index (κ2) is 8.08. The maximum Gasteiger partial charge on any atom is 0.269 e. The quantitative estimate of drug-likeness (QED) is 0.833. The molecule has 0 unspecified atom stereocenters. The number of halogens is 1. The van der Waals surface area contributed by atoms with E-state index in [9.17, 15) is 14.9 Å². The molecule has 0 aliphatic carbocycles. The highest BCUT2D eigenvalue weighted by Gasteiger charge is 2.14. The summed E-state index contributed by atoms with van der Waals surface area (Å²) in [5, 5.41) is 12.0. The lowest BCUT2D eigenvalue weighted by molar-refractivity contribution is -0.115. The Kier molecular flexibility index (Phi) is 6.12. The van der Waals surface area contributed by atoms with Crippen molar-refractivity contribution in [3.63, 3.8) is 0 Å². The van der Waals surface area contributed by atoms with Gasteiger partial charge in [0, 0.05) is 17.6 Å². The zero-order valence-electron chi connectivity index (χ0n) is 13.3. The third-order valence-electron chi connectivity index (χ3n) is 3.28. The summed E-state index contributed by atoms with van der Waals surface area (Å²) in [5.41, 5.74) is 0.650. The first-order chi connectivity index (χ1) is 11.5. The van der Waals surface area contributed by atoms with Gasteiger partial charge in [-0.1, -0.05) is 28.1 Å². The number of nitriles is 1. The number of amides is 1. The van der Waals surface area contributed by atoms with Gasteiger partial charge in [-0.2, -0.15) is 5.26 Å². The number of carbonyl (C=O) groups excluding carboxylic acids is 1. The Balaban J connectivity index is 2.73. The van der Waals surface area contributed by atoms with Gasteiger partial charge in [-0.15, -0.1) is 11.3 Å². The average molecular weight is 406 g/mol. The van der Waals surface area contributed by atoms with E-state index in [1.54, 1.807) is 13.0 Å². The largest absolute Gasteiger partial charge is 0.352 e. The molecule has 0 fully saturated rings. The lowest BCUT2D eigenvalue weighted by Crippen LogP contribution is -2.34. The standard InChI is InChI=1S/C17H16BrN3O2S/c1-3-20-15(22)13(10-19)17-21(4-2)16(23)14(24-17)9-11-5-7-12(18)8-6-11/h5-9H,3-4H2,1-2H3,(H,20,22)/b14-9-,17-13-. The normalized spacial score (nSPS) is 12.7. The zero-order chi connectivity index (χ0) is 17.7. The highest BCUT2D eigenvalue weighted by molar-refractivity contribution is 9.10. The molecule has 0 spiro atoms. The number of thiazole rings is 1. The average Bonchev–Trinajstić information content (AvgIpc) is 2.86. The lowest BCUT2D eigenvalue weighted by atomic mass is 10.2. The molecule has 0 aliphatic rings. The van der Waals surface area contributed by atoms with Crippen molar-refractivity contribution in [2.24, 2.45) is 0 Å². The van der Waals surface area contributed by atoms with Crippen LogP contribution in [0.25, 0.3) is 11.6 Å². The smallest absolute Gasteiger partial charge is 0.269 e. The van der Waals surface area contributed by atoms with Crippen molar-refractivity contribution in [2.45, 2.75) is 20.4 Å². The van der Waals surface area contributed by atoms with Gasteiger partial charge >= 0.3 is 0 Å². The van der Waals surface area contributed by atoms with Crippen molar-refractivity contribution < 1.29 is 4.79 Å². The molecule has 0 saturated carbocycles. The summed E-state index contributed by atoms with van der Waals surface area (Å²) in [6.45, 7) is 4.40. The van der Waals surface area contributed by atoms with E-state index in [0.717, 1.165) is 21.4 Å². The van der Waals surface area contributed by atoms with Crippen molar-refractivity contribution in [3.8, 4) is 6.07 Å². The topological polar surface area (TPSA) is 74.9 Å². The molecule has 0 radical (unpaired) electrons. The first-order valence-corrected chi connectivity index (χ1v) is 9.02. The van der Waals surface area contributed by atoms with Crippen molar-refractivity contribution in [1.29, 1.82) is 5.26 Å². The Morgan fingerprint density at radius 3 is 2.58 bits per heavy atom. The molecule has 1 heterocycles. The monoisotopic (exact) mass is 405 g/mol. The molecule has 24 heavy (non-hydrogen) atoms. The van der Waals surface area contributed by atoms with E-state index in [0.29, 0.717) is 22.3 Å². The van der Waals surface area contributed by atoms with Gasteiger partial charge in [-0.3, -0.25) is 14.2 Å². The second-order valence-corrected chi connectivity index (χ2v) is 6.81. The molecule has 124 valence electrons. The van der Waals surface area contributed by atoms with E-state index in [4.69, 9.17) is 0 Å². The molecule has 0 bridgehead atoms. The highest BCUT2D eigenvalue weighted by Crippen LogP contribution is 2.10. The number of hydrogen-bond donors (Lipinski definition) is 1. The molecule has 1 aromatic heterocycles. The minimum absolute atomic E-state index is 0.0312. The molecule has 0 atom stereocenters. The van der Waals surface area contributed by atoms with Crippen molar-refractivity contribution >= 4 is 44.8 Å². The van der Waals surface area contributed by atoms with Crippen LogP contribution in [0.3, 0.4) is 0 Å². The van der Waals surface area contributed by atoms with Crippen molar-refractivity contribution in [2.75, 3.05) is 6.54 Å². The van der Waals surface area contributed by atoms with Crippen LogP contribution in [0.2, 0.25) is 0 Å². The van der Waals surface area contributed by atoms with E-state index in [2.05, 4.69) is 21.2 Å². The van der Waals surface area contributed by atoms with Crippen LogP contribution in [0, 0.1) is 11.3 Å². The number of benzene rings is 1. The third kappa shape index (κ3) is 3.83. The summed E-state index contributed by atoms with van der Waals surface area (Å²) in [5.74, 6) is -0.460. The van der Waals surface area contributed by atoms with Crippen LogP contribution in [0.4, 0.5) is 0 Å². The summed E-state index contributed by atoms with van der Waals surface area (Å²) >= 11 is 4.53. The fraction of sp³-hybridized carbons (Fsp3) is 0.235. The number of aromatic nitrogens is 1. The Bertz CT molecular complexity index is 965. The summed E-state index contributed by atoms with van der Waals surface area (Å²) in [6.07, 6.45) is 1.77. The molecular weight excluding hydrogens is 390 g/mol. The van der Waals surface area contributed by atoms with E-state index in [1.165, 1.54) is 4.57 Å². The van der Waals surface area contributed by atoms with Gasteiger partial charge in [-0.05, 0) is 37.6 Å². The van der Waals surface area contributed by atoms with Crippen molar-refractivity contribution in [3.05, 3.63) is 53.9 Å². The fourth-order valence-corrected chi connectivity index (χ4v) is 3.58. The number of hydrogen-bond acceptors (Lipinski definition) is 4. The van der Waals surface area contributed by atoms with E-state index < -0.39 is 5.91 Å². The van der Waals surface area contributed by atoms with Gasteiger partial charge in [0.05, 0.1) is 4.53 Å². The molecule has 1 aromatic carbocycles. The molecule has 7 heteroatoms. The Morgan fingerprint density at radius 1 is 1.38 bits per heavy atom. The van der Waals surface area contributed by atoms with Crippen LogP contribution in [-0.2, 0) is 11.3 Å². The third-order valence-corrected chi connectivity index (χ3v) is 4.94. The summed E-state index contributed by atoms with van der Waals surface area (Å²) in [4.78, 5) is 24.6. The number of nitrogens with one attached hydrogen (secondary N) is 1. The molecule has 0 saturated heterocycles. The number of carbonyl (C=O) groups is 1. The minimum atomic E-state index is -0.460. The van der Waals surface area contributed by atoms with Crippen LogP contribution in [0.1, 0.15) is 19.4 Å². The zero-order valence-corrected chi connectivity index (χ0v) is 15.7. The van der Waals surface area contributed by atoms with Crippen LogP contribution in [0.15, 0.2) is 33.5 Å². The van der Waals surface area contributed by atoms with Gasteiger partial charge in [-0.25, -0.2) is 0 Å². The molecule has 1 N–H and O–H groups in total. The molecule has 2 rings (SSSR count). The fourth-order valence-electron chi connectivity index (χ4n) is 2.15. The number of rotatable bonds is 4. The van der Waals surface area contributed by atoms with Crippen LogP contribution < -0.4 is 20.1 Å². The van der Waals surface area contributed by atoms with Gasteiger partial charge in [0.25, 0.3) is 11.5 Å². The van der Waals surface area contributed by atoms with Gasteiger partial charge < -0.3 is 5.32 Å². The molecule has 1 amide bonds. The second-order valence-electron chi connectivity index (χ2n) is 4.86. The van der Waals surface area contributed by atoms with Crippen LogP contribution >= 0.6 is 27.3 Å². The Hall–Kier alpha value is -2.17. The first kappa shape index (κ1) is 18.2. The molecular formula is C17H16BrN3O2S. The molecule has 5 nitrogen and oxygen atoms in total. The highest BCUT2D eigenvalue weighted by atomic mass is 79.9. The summed E-state index contributed by atoms with van der Waals surface area (Å²) < 4.78 is 3.29. The molecule has 0 aliphatic heterocycles. The maximum absolute atomic E-state index is 12.6. The SMILES string of the molecule is CCNC(=O)/C(C#N)=c1\s/c(=C\c2ccc(Br)cc2)c(=O)n1CC. The summed E-state index contributed by atoms with van der Waals surface area (Å²) in [6, 6.07) is 9.48. The first-order valence-electron chi connectivity index (χ1n) is 7.41. The molecule has 2 aromatic rings. The Morgan fingerprint density at radius 2 is 2.04 bits per heavy atom. The van der Waals surface area contributed by atoms with Crippen molar-refractivity contribution in [1.82, 2.24) is 9.88 Å². The maximum atomic E-state index is 12.6. The summed E-state index contributed by atoms with van der Waals surface area (Å²) in [7, 11) is 0. The minimum Gasteiger partial charge on any atom is -0.352 e.